The Morgan fingerprint density at radius 3 is 1.25 bits per heavy atom. The van der Waals surface area contributed by atoms with Gasteiger partial charge < -0.3 is 0 Å². The molecule has 0 fully saturated rings. The SMILES string of the molecule is CC.CCC(CC)C(C)C(C)C. The summed E-state index contributed by atoms with van der Waals surface area (Å²) in [6, 6.07) is 0. The van der Waals surface area contributed by atoms with Crippen molar-refractivity contribution in [3.05, 3.63) is 0 Å². The highest BCUT2D eigenvalue weighted by Crippen LogP contribution is 2.25. The maximum absolute atomic E-state index is 2.38. The molecule has 0 aliphatic rings. The third kappa shape index (κ3) is 5.62. The minimum Gasteiger partial charge on any atom is -0.0683 e. The van der Waals surface area contributed by atoms with Crippen LogP contribution >= 0.6 is 0 Å². The van der Waals surface area contributed by atoms with Gasteiger partial charge in [0.05, 0.1) is 0 Å². The summed E-state index contributed by atoms with van der Waals surface area (Å²) in [7, 11) is 0. The Balaban J connectivity index is 0. The van der Waals surface area contributed by atoms with Gasteiger partial charge in [0.1, 0.15) is 0 Å². The van der Waals surface area contributed by atoms with Crippen LogP contribution in [0.4, 0.5) is 0 Å². The molecule has 0 aliphatic heterocycles. The Hall–Kier alpha value is 0. The third-order valence-corrected chi connectivity index (χ3v) is 2.84. The molecule has 1 atom stereocenters. The lowest BCUT2D eigenvalue weighted by Crippen LogP contribution is -2.15. The van der Waals surface area contributed by atoms with Gasteiger partial charge in [-0.3, -0.25) is 0 Å². The van der Waals surface area contributed by atoms with Gasteiger partial charge in [0.25, 0.3) is 0 Å². The van der Waals surface area contributed by atoms with Crippen LogP contribution < -0.4 is 0 Å². The monoisotopic (exact) mass is 172 g/mol. The van der Waals surface area contributed by atoms with Crippen LogP contribution in [0, 0.1) is 17.8 Å². The smallest absolute Gasteiger partial charge is 0.0391 e. The molecular weight excluding hydrogens is 144 g/mol. The second-order valence-corrected chi connectivity index (χ2v) is 3.68. The number of hydrogen-bond donors (Lipinski definition) is 0. The maximum atomic E-state index is 2.38. The fourth-order valence-electron chi connectivity index (χ4n) is 1.58. The average molecular weight is 172 g/mol. The molecular formula is C12H28. The maximum Gasteiger partial charge on any atom is -0.0391 e. The van der Waals surface area contributed by atoms with E-state index in [4.69, 9.17) is 0 Å². The van der Waals surface area contributed by atoms with Crippen molar-refractivity contribution in [2.75, 3.05) is 0 Å². The van der Waals surface area contributed by atoms with Gasteiger partial charge >= 0.3 is 0 Å². The molecule has 0 N–H and O–H groups in total. The summed E-state index contributed by atoms with van der Waals surface area (Å²) in [4.78, 5) is 0. The van der Waals surface area contributed by atoms with Crippen molar-refractivity contribution in [2.45, 2.75) is 61.3 Å². The highest BCUT2D eigenvalue weighted by molar-refractivity contribution is 4.66. The summed E-state index contributed by atoms with van der Waals surface area (Å²) in [6.07, 6.45) is 2.69. The summed E-state index contributed by atoms with van der Waals surface area (Å²) < 4.78 is 0. The van der Waals surface area contributed by atoms with E-state index in [1.54, 1.807) is 0 Å². The van der Waals surface area contributed by atoms with Crippen LogP contribution in [0.5, 0.6) is 0 Å². The lowest BCUT2D eigenvalue weighted by molar-refractivity contribution is 0.262. The van der Waals surface area contributed by atoms with E-state index in [1.807, 2.05) is 13.8 Å². The second-order valence-electron chi connectivity index (χ2n) is 3.68. The molecule has 0 radical (unpaired) electrons. The largest absolute Gasteiger partial charge is 0.0683 e. The van der Waals surface area contributed by atoms with E-state index in [-0.39, 0.29) is 0 Å². The quantitative estimate of drug-likeness (QED) is 0.574. The molecule has 0 aliphatic carbocycles. The zero-order valence-corrected chi connectivity index (χ0v) is 10.1. The van der Waals surface area contributed by atoms with Crippen molar-refractivity contribution < 1.29 is 0 Å². The van der Waals surface area contributed by atoms with Gasteiger partial charge in [0.2, 0.25) is 0 Å². The molecule has 0 aromatic heterocycles. The molecule has 0 bridgehead atoms. The molecule has 0 aromatic carbocycles. The minimum atomic E-state index is 0.852. The lowest BCUT2D eigenvalue weighted by atomic mass is 9.82. The Kier molecular flexibility index (Phi) is 11.0. The third-order valence-electron chi connectivity index (χ3n) is 2.84. The van der Waals surface area contributed by atoms with Gasteiger partial charge in [0, 0.05) is 0 Å². The second kappa shape index (κ2) is 9.09. The van der Waals surface area contributed by atoms with Crippen molar-refractivity contribution >= 4 is 0 Å². The number of rotatable bonds is 4. The molecule has 0 spiro atoms. The first-order valence-electron chi connectivity index (χ1n) is 5.63. The summed E-state index contributed by atoms with van der Waals surface area (Å²) >= 11 is 0. The Morgan fingerprint density at radius 1 is 0.833 bits per heavy atom. The minimum absolute atomic E-state index is 0.852. The Labute approximate surface area is 79.8 Å². The van der Waals surface area contributed by atoms with E-state index in [1.165, 1.54) is 12.8 Å². The van der Waals surface area contributed by atoms with Crippen molar-refractivity contribution in [1.29, 1.82) is 0 Å². The molecule has 0 amide bonds. The molecule has 76 valence electrons. The van der Waals surface area contributed by atoms with Gasteiger partial charge in [-0.15, -0.1) is 0 Å². The molecule has 0 nitrogen and oxygen atoms in total. The van der Waals surface area contributed by atoms with Crippen molar-refractivity contribution in [3.63, 3.8) is 0 Å². The van der Waals surface area contributed by atoms with Crippen molar-refractivity contribution in [2.24, 2.45) is 17.8 Å². The molecule has 0 heterocycles. The Bertz CT molecular complexity index is 70.1. The van der Waals surface area contributed by atoms with E-state index in [2.05, 4.69) is 34.6 Å². The zero-order chi connectivity index (χ0) is 10.1. The highest BCUT2D eigenvalue weighted by Gasteiger charge is 2.15. The summed E-state index contributed by atoms with van der Waals surface area (Å²) in [6.45, 7) is 15.6. The van der Waals surface area contributed by atoms with Gasteiger partial charge in [0.15, 0.2) is 0 Å². The highest BCUT2D eigenvalue weighted by atomic mass is 14.2. The molecule has 0 saturated heterocycles. The first-order chi connectivity index (χ1) is 5.63. The summed E-state index contributed by atoms with van der Waals surface area (Å²) in [5.74, 6) is 2.69. The van der Waals surface area contributed by atoms with Gasteiger partial charge in [-0.05, 0) is 17.8 Å². The van der Waals surface area contributed by atoms with E-state index < -0.39 is 0 Å². The summed E-state index contributed by atoms with van der Waals surface area (Å²) in [5, 5.41) is 0. The zero-order valence-electron chi connectivity index (χ0n) is 10.1. The fourth-order valence-corrected chi connectivity index (χ4v) is 1.58. The predicted molar refractivity (Wildman–Crippen MR) is 59.4 cm³/mol. The van der Waals surface area contributed by atoms with Crippen LogP contribution in [0.25, 0.3) is 0 Å². The van der Waals surface area contributed by atoms with Crippen LogP contribution in [0.2, 0.25) is 0 Å². The van der Waals surface area contributed by atoms with Gasteiger partial charge in [-0.25, -0.2) is 0 Å². The normalized spacial score (nSPS) is 12.8. The van der Waals surface area contributed by atoms with Crippen molar-refractivity contribution in [1.82, 2.24) is 0 Å². The van der Waals surface area contributed by atoms with E-state index in [0.29, 0.717) is 0 Å². The molecule has 0 heteroatoms. The molecule has 12 heavy (non-hydrogen) atoms. The van der Waals surface area contributed by atoms with E-state index >= 15 is 0 Å². The standard InChI is InChI=1S/C10H22.C2H6/c1-6-10(7-2)9(5)8(3)4;1-2/h8-10H,6-7H2,1-5H3;1-2H3. The van der Waals surface area contributed by atoms with Gasteiger partial charge in [-0.2, -0.15) is 0 Å². The van der Waals surface area contributed by atoms with Crippen LogP contribution in [0.3, 0.4) is 0 Å². The Morgan fingerprint density at radius 2 is 1.17 bits per heavy atom. The van der Waals surface area contributed by atoms with Crippen LogP contribution in [-0.4, -0.2) is 0 Å². The van der Waals surface area contributed by atoms with Crippen LogP contribution in [-0.2, 0) is 0 Å². The van der Waals surface area contributed by atoms with Gasteiger partial charge in [-0.1, -0.05) is 61.3 Å². The predicted octanol–water partition coefficient (Wildman–Crippen LogP) is 4.74. The molecule has 0 aromatic rings. The lowest BCUT2D eigenvalue weighted by Gasteiger charge is -2.24. The first-order valence-corrected chi connectivity index (χ1v) is 5.63. The van der Waals surface area contributed by atoms with E-state index in [0.717, 1.165) is 17.8 Å². The average Bonchev–Trinajstić information content (AvgIpc) is 2.10. The topological polar surface area (TPSA) is 0 Å². The van der Waals surface area contributed by atoms with Crippen LogP contribution in [0.15, 0.2) is 0 Å². The number of hydrogen-bond acceptors (Lipinski definition) is 0. The van der Waals surface area contributed by atoms with E-state index in [9.17, 15) is 0 Å². The first kappa shape index (κ1) is 14.5. The molecule has 1 unspecified atom stereocenters. The van der Waals surface area contributed by atoms with Crippen molar-refractivity contribution in [3.8, 4) is 0 Å². The fraction of sp³-hybridized carbons (Fsp3) is 1.00. The summed E-state index contributed by atoms with van der Waals surface area (Å²) in [5.41, 5.74) is 0. The molecule has 0 saturated carbocycles. The molecule has 0 rings (SSSR count). The van der Waals surface area contributed by atoms with Crippen LogP contribution in [0.1, 0.15) is 61.3 Å².